The van der Waals surface area contributed by atoms with Crippen LogP contribution in [0.1, 0.15) is 13.8 Å². The van der Waals surface area contributed by atoms with Crippen molar-refractivity contribution in [3.05, 3.63) is 12.4 Å². The third kappa shape index (κ3) is 5.14. The van der Waals surface area contributed by atoms with Crippen molar-refractivity contribution in [2.75, 3.05) is 32.5 Å². The number of hydrogen-bond acceptors (Lipinski definition) is 4. The minimum Gasteiger partial charge on any atom is -0.396 e. The maximum absolute atomic E-state index is 5.58. The Morgan fingerprint density at radius 3 is 2.81 bits per heavy atom. The van der Waals surface area contributed by atoms with E-state index < -0.39 is 0 Å². The second-order valence-electron chi connectivity index (χ2n) is 4.26. The lowest BCUT2D eigenvalue weighted by molar-refractivity contribution is 0.0632. The topological polar surface area (TPSA) is 56.3 Å². The van der Waals surface area contributed by atoms with E-state index in [4.69, 9.17) is 10.5 Å². The highest BCUT2D eigenvalue weighted by Gasteiger charge is 2.01. The van der Waals surface area contributed by atoms with Gasteiger partial charge in [-0.05, 0) is 20.9 Å². The number of aromatic nitrogens is 2. The van der Waals surface area contributed by atoms with Crippen molar-refractivity contribution in [2.45, 2.75) is 26.5 Å². The lowest BCUT2D eigenvalue weighted by Crippen LogP contribution is -2.27. The van der Waals surface area contributed by atoms with Gasteiger partial charge < -0.3 is 15.4 Å². The summed E-state index contributed by atoms with van der Waals surface area (Å²) in [5, 5.41) is 4.13. The zero-order valence-corrected chi connectivity index (χ0v) is 10.4. The molecule has 1 aromatic rings. The van der Waals surface area contributed by atoms with Crippen molar-refractivity contribution < 1.29 is 4.74 Å². The van der Waals surface area contributed by atoms with Crippen molar-refractivity contribution in [3.8, 4) is 0 Å². The summed E-state index contributed by atoms with van der Waals surface area (Å²) in [6.07, 6.45) is 3.82. The van der Waals surface area contributed by atoms with Crippen LogP contribution in [0.25, 0.3) is 0 Å². The first kappa shape index (κ1) is 13.0. The van der Waals surface area contributed by atoms with Crippen molar-refractivity contribution >= 4 is 5.69 Å². The normalized spacial score (nSPS) is 11.6. The smallest absolute Gasteiger partial charge is 0.0719 e. The number of ether oxygens (including phenoxy) is 1. The maximum Gasteiger partial charge on any atom is 0.0719 e. The van der Waals surface area contributed by atoms with Crippen molar-refractivity contribution in [2.24, 2.45) is 0 Å². The van der Waals surface area contributed by atoms with Crippen molar-refractivity contribution in [1.82, 2.24) is 14.7 Å². The summed E-state index contributed by atoms with van der Waals surface area (Å²) < 4.78 is 7.34. The van der Waals surface area contributed by atoms with Crippen molar-refractivity contribution in [3.63, 3.8) is 0 Å². The molecule has 1 rings (SSSR count). The van der Waals surface area contributed by atoms with Gasteiger partial charge in [-0.2, -0.15) is 5.10 Å². The van der Waals surface area contributed by atoms with Gasteiger partial charge in [-0.15, -0.1) is 0 Å². The van der Waals surface area contributed by atoms with Gasteiger partial charge in [0.1, 0.15) is 0 Å². The third-order valence-corrected chi connectivity index (χ3v) is 2.29. The minimum atomic E-state index is 0.305. The summed E-state index contributed by atoms with van der Waals surface area (Å²) in [4.78, 5) is 2.22. The predicted molar refractivity (Wildman–Crippen MR) is 65.2 cm³/mol. The molecule has 0 aromatic carbocycles. The van der Waals surface area contributed by atoms with Crippen LogP contribution in [0, 0.1) is 0 Å². The fourth-order valence-corrected chi connectivity index (χ4v) is 1.33. The van der Waals surface area contributed by atoms with E-state index in [-0.39, 0.29) is 0 Å². The predicted octanol–water partition coefficient (Wildman–Crippen LogP) is 0.822. The molecule has 0 aliphatic heterocycles. The van der Waals surface area contributed by atoms with Gasteiger partial charge in [0, 0.05) is 19.3 Å². The second kappa shape index (κ2) is 6.50. The van der Waals surface area contributed by atoms with Crippen molar-refractivity contribution in [1.29, 1.82) is 0 Å². The number of rotatable bonds is 7. The molecule has 0 amide bonds. The summed E-state index contributed by atoms with van der Waals surface area (Å²) in [7, 11) is 2.08. The van der Waals surface area contributed by atoms with Crippen LogP contribution < -0.4 is 5.73 Å². The summed E-state index contributed by atoms with van der Waals surface area (Å²) in [5.74, 6) is 0. The lowest BCUT2D eigenvalue weighted by atomic mass is 10.4. The van der Waals surface area contributed by atoms with Crippen LogP contribution in [0.15, 0.2) is 12.4 Å². The average Bonchev–Trinajstić information content (AvgIpc) is 2.61. The highest BCUT2D eigenvalue weighted by atomic mass is 16.5. The highest BCUT2D eigenvalue weighted by molar-refractivity contribution is 5.30. The van der Waals surface area contributed by atoms with Crippen LogP contribution in [-0.2, 0) is 11.3 Å². The van der Waals surface area contributed by atoms with Gasteiger partial charge in [-0.25, -0.2) is 0 Å². The van der Waals surface area contributed by atoms with Gasteiger partial charge in [-0.1, -0.05) is 0 Å². The Kier molecular flexibility index (Phi) is 5.28. The summed E-state index contributed by atoms with van der Waals surface area (Å²) in [6, 6.07) is 0. The zero-order chi connectivity index (χ0) is 12.0. The molecule has 0 saturated carbocycles. The van der Waals surface area contributed by atoms with Crippen LogP contribution in [-0.4, -0.2) is 47.5 Å². The van der Waals surface area contributed by atoms with E-state index in [0.29, 0.717) is 11.8 Å². The average molecular weight is 226 g/mol. The number of nitrogens with two attached hydrogens (primary N) is 1. The third-order valence-electron chi connectivity index (χ3n) is 2.29. The van der Waals surface area contributed by atoms with E-state index in [0.717, 1.165) is 26.2 Å². The number of anilines is 1. The summed E-state index contributed by atoms with van der Waals surface area (Å²) >= 11 is 0. The first-order valence-corrected chi connectivity index (χ1v) is 5.66. The molecule has 0 unspecified atom stereocenters. The molecule has 0 spiro atoms. The molecule has 16 heavy (non-hydrogen) atoms. The van der Waals surface area contributed by atoms with E-state index in [1.54, 1.807) is 6.20 Å². The van der Waals surface area contributed by atoms with Gasteiger partial charge in [-0.3, -0.25) is 4.68 Å². The van der Waals surface area contributed by atoms with Gasteiger partial charge in [0.2, 0.25) is 0 Å². The number of nitrogens with zero attached hydrogens (tertiary/aromatic N) is 3. The van der Waals surface area contributed by atoms with E-state index in [9.17, 15) is 0 Å². The van der Waals surface area contributed by atoms with Gasteiger partial charge in [0.15, 0.2) is 0 Å². The van der Waals surface area contributed by atoms with Crippen LogP contribution in [0.4, 0.5) is 5.69 Å². The Morgan fingerprint density at radius 2 is 2.25 bits per heavy atom. The Morgan fingerprint density at radius 1 is 1.50 bits per heavy atom. The molecular formula is C11H22N4O. The Balaban J connectivity index is 2.12. The zero-order valence-electron chi connectivity index (χ0n) is 10.4. The first-order chi connectivity index (χ1) is 7.58. The fraction of sp³-hybridized carbons (Fsp3) is 0.727. The SMILES string of the molecule is CC(C)OCCN(C)CCn1cc(N)cn1. The summed E-state index contributed by atoms with van der Waals surface area (Å²) in [5.41, 5.74) is 6.30. The first-order valence-electron chi connectivity index (χ1n) is 5.66. The quantitative estimate of drug-likeness (QED) is 0.748. The minimum absolute atomic E-state index is 0.305. The molecule has 1 aromatic heterocycles. The van der Waals surface area contributed by atoms with E-state index in [1.807, 2.05) is 24.7 Å². The molecule has 0 fully saturated rings. The molecule has 0 aliphatic rings. The molecule has 0 saturated heterocycles. The molecule has 5 heteroatoms. The molecule has 0 aliphatic carbocycles. The van der Waals surface area contributed by atoms with E-state index in [2.05, 4.69) is 17.0 Å². The van der Waals surface area contributed by atoms with Gasteiger partial charge >= 0.3 is 0 Å². The van der Waals surface area contributed by atoms with Crippen LogP contribution >= 0.6 is 0 Å². The Bertz CT molecular complexity index is 298. The molecule has 92 valence electrons. The Hall–Kier alpha value is -1.07. The van der Waals surface area contributed by atoms with Crippen LogP contribution in [0.2, 0.25) is 0 Å². The molecule has 0 bridgehead atoms. The van der Waals surface area contributed by atoms with Crippen LogP contribution in [0.3, 0.4) is 0 Å². The number of nitrogen functional groups attached to an aromatic ring is 1. The highest BCUT2D eigenvalue weighted by Crippen LogP contribution is 1.98. The largest absolute Gasteiger partial charge is 0.396 e. The summed E-state index contributed by atoms with van der Waals surface area (Å²) in [6.45, 7) is 7.61. The number of hydrogen-bond donors (Lipinski definition) is 1. The molecule has 1 heterocycles. The Labute approximate surface area is 97.2 Å². The van der Waals surface area contributed by atoms with Crippen LogP contribution in [0.5, 0.6) is 0 Å². The molecule has 0 radical (unpaired) electrons. The van der Waals surface area contributed by atoms with E-state index in [1.165, 1.54) is 0 Å². The van der Waals surface area contributed by atoms with Gasteiger partial charge in [0.25, 0.3) is 0 Å². The van der Waals surface area contributed by atoms with Gasteiger partial charge in [0.05, 0.1) is 31.1 Å². The molecule has 0 atom stereocenters. The number of likely N-dealkylation sites (N-methyl/N-ethyl adjacent to an activating group) is 1. The molecule has 5 nitrogen and oxygen atoms in total. The fourth-order valence-electron chi connectivity index (χ4n) is 1.33. The molecule has 2 N–H and O–H groups in total. The van der Waals surface area contributed by atoms with E-state index >= 15 is 0 Å². The maximum atomic E-state index is 5.58. The standard InChI is InChI=1S/C11H22N4O/c1-10(2)16-7-6-14(3)4-5-15-9-11(12)8-13-15/h8-10H,4-7,12H2,1-3H3. The molecular weight excluding hydrogens is 204 g/mol. The monoisotopic (exact) mass is 226 g/mol. The lowest BCUT2D eigenvalue weighted by Gasteiger charge is -2.17. The second-order valence-corrected chi connectivity index (χ2v) is 4.26.